The summed E-state index contributed by atoms with van der Waals surface area (Å²) < 4.78 is 0. The summed E-state index contributed by atoms with van der Waals surface area (Å²) in [4.78, 5) is 13.8. The Kier molecular flexibility index (Phi) is 5.44. The average molecular weight is 296 g/mol. The van der Waals surface area contributed by atoms with Crippen LogP contribution in [-0.4, -0.2) is 25.0 Å². The Balaban J connectivity index is 2.01. The second-order valence-electron chi connectivity index (χ2n) is 5.70. The molecule has 1 saturated heterocycles. The lowest BCUT2D eigenvalue weighted by atomic mass is 10.2. The smallest absolute Gasteiger partial charge is 0.282 e. The SMILES string of the molecule is Cc1c(Cl)cccc1NC(=O)[C@H](C)[NH+]1CCCCCC1. The minimum atomic E-state index is -0.00789. The van der Waals surface area contributed by atoms with E-state index in [1.54, 1.807) is 0 Å². The van der Waals surface area contributed by atoms with E-state index in [9.17, 15) is 4.79 Å². The summed E-state index contributed by atoms with van der Waals surface area (Å²) in [6, 6.07) is 5.61. The number of quaternary nitrogens is 1. The third kappa shape index (κ3) is 3.74. The highest BCUT2D eigenvalue weighted by Gasteiger charge is 2.26. The standard InChI is InChI=1S/C16H23ClN2O/c1-12-14(17)8-7-9-15(12)18-16(20)13(2)19-10-5-3-4-6-11-19/h7-9,13H,3-6,10-11H2,1-2H3,(H,18,20)/p+1/t13-/m0/s1. The molecule has 3 nitrogen and oxygen atoms in total. The van der Waals surface area contributed by atoms with Gasteiger partial charge in [-0.05, 0) is 57.2 Å². The first-order valence-electron chi connectivity index (χ1n) is 7.50. The maximum Gasteiger partial charge on any atom is 0.282 e. The van der Waals surface area contributed by atoms with E-state index >= 15 is 0 Å². The highest BCUT2D eigenvalue weighted by Crippen LogP contribution is 2.22. The molecule has 0 aromatic heterocycles. The van der Waals surface area contributed by atoms with E-state index in [0.717, 1.165) is 24.3 Å². The molecule has 0 bridgehead atoms. The van der Waals surface area contributed by atoms with Gasteiger partial charge in [0.05, 0.1) is 13.1 Å². The molecule has 0 unspecified atom stereocenters. The van der Waals surface area contributed by atoms with Crippen LogP contribution < -0.4 is 10.2 Å². The van der Waals surface area contributed by atoms with Crippen LogP contribution >= 0.6 is 11.6 Å². The predicted octanol–water partition coefficient (Wildman–Crippen LogP) is 2.43. The topological polar surface area (TPSA) is 33.5 Å². The molecule has 1 aliphatic heterocycles. The second kappa shape index (κ2) is 7.09. The number of rotatable bonds is 3. The van der Waals surface area contributed by atoms with E-state index < -0.39 is 0 Å². The first-order valence-corrected chi connectivity index (χ1v) is 7.88. The lowest BCUT2D eigenvalue weighted by molar-refractivity contribution is -0.913. The van der Waals surface area contributed by atoms with E-state index in [1.807, 2.05) is 32.0 Å². The van der Waals surface area contributed by atoms with Crippen LogP contribution in [-0.2, 0) is 4.79 Å². The molecule has 20 heavy (non-hydrogen) atoms. The minimum Gasteiger partial charge on any atom is -0.325 e. The molecular formula is C16H24ClN2O+. The van der Waals surface area contributed by atoms with Gasteiger partial charge in [0.25, 0.3) is 5.91 Å². The molecule has 4 heteroatoms. The Morgan fingerprint density at radius 3 is 2.55 bits per heavy atom. The molecule has 2 rings (SSSR count). The fourth-order valence-corrected chi connectivity index (χ4v) is 2.96. The van der Waals surface area contributed by atoms with Crippen LogP contribution in [0, 0.1) is 6.92 Å². The maximum absolute atomic E-state index is 12.4. The first-order chi connectivity index (χ1) is 9.59. The van der Waals surface area contributed by atoms with E-state index in [2.05, 4.69) is 5.32 Å². The fraction of sp³-hybridized carbons (Fsp3) is 0.562. The van der Waals surface area contributed by atoms with Gasteiger partial charge in [0.15, 0.2) is 6.04 Å². The van der Waals surface area contributed by atoms with Gasteiger partial charge in [-0.15, -0.1) is 0 Å². The summed E-state index contributed by atoms with van der Waals surface area (Å²) in [5.74, 6) is 0.0901. The summed E-state index contributed by atoms with van der Waals surface area (Å²) >= 11 is 6.09. The van der Waals surface area contributed by atoms with Crippen molar-refractivity contribution in [2.75, 3.05) is 18.4 Å². The van der Waals surface area contributed by atoms with Gasteiger partial charge >= 0.3 is 0 Å². The molecule has 0 radical (unpaired) electrons. The van der Waals surface area contributed by atoms with Gasteiger partial charge in [0, 0.05) is 10.7 Å². The van der Waals surface area contributed by atoms with Crippen molar-refractivity contribution in [2.45, 2.75) is 45.6 Å². The molecule has 0 saturated carbocycles. The van der Waals surface area contributed by atoms with Gasteiger partial charge in [-0.2, -0.15) is 0 Å². The molecule has 1 aromatic rings. The Labute approximate surface area is 126 Å². The van der Waals surface area contributed by atoms with Crippen molar-refractivity contribution in [1.29, 1.82) is 0 Å². The summed E-state index contributed by atoms with van der Waals surface area (Å²) in [7, 11) is 0. The number of carbonyl (C=O) groups is 1. The van der Waals surface area contributed by atoms with Crippen molar-refractivity contribution in [2.24, 2.45) is 0 Å². The number of hydrogen-bond donors (Lipinski definition) is 2. The monoisotopic (exact) mass is 295 g/mol. The largest absolute Gasteiger partial charge is 0.325 e. The van der Waals surface area contributed by atoms with Crippen molar-refractivity contribution in [1.82, 2.24) is 0 Å². The van der Waals surface area contributed by atoms with Crippen LogP contribution in [0.4, 0.5) is 5.69 Å². The number of benzene rings is 1. The predicted molar refractivity (Wildman–Crippen MR) is 83.4 cm³/mol. The van der Waals surface area contributed by atoms with Crippen LogP contribution in [0.5, 0.6) is 0 Å². The Bertz CT molecular complexity index is 468. The molecule has 0 aliphatic carbocycles. The zero-order chi connectivity index (χ0) is 14.5. The van der Waals surface area contributed by atoms with E-state index in [1.165, 1.54) is 30.6 Å². The molecule has 2 N–H and O–H groups in total. The Morgan fingerprint density at radius 2 is 1.90 bits per heavy atom. The quantitative estimate of drug-likeness (QED) is 0.882. The van der Waals surface area contributed by atoms with Gasteiger partial charge in [0.1, 0.15) is 0 Å². The first kappa shape index (κ1) is 15.3. The molecule has 1 fully saturated rings. The van der Waals surface area contributed by atoms with E-state index in [0.29, 0.717) is 5.02 Å². The summed E-state index contributed by atoms with van der Waals surface area (Å²) in [5, 5.41) is 3.72. The number of amides is 1. The lowest BCUT2D eigenvalue weighted by Crippen LogP contribution is -3.16. The van der Waals surface area contributed by atoms with Gasteiger partial charge in [0.2, 0.25) is 0 Å². The zero-order valence-corrected chi connectivity index (χ0v) is 13.1. The van der Waals surface area contributed by atoms with Crippen molar-refractivity contribution in [3.8, 4) is 0 Å². The van der Waals surface area contributed by atoms with Crippen LogP contribution in [0.3, 0.4) is 0 Å². The molecule has 110 valence electrons. The van der Waals surface area contributed by atoms with Crippen molar-refractivity contribution >= 4 is 23.2 Å². The number of anilines is 1. The van der Waals surface area contributed by atoms with Crippen LogP contribution in [0.2, 0.25) is 5.02 Å². The van der Waals surface area contributed by atoms with Gasteiger partial charge < -0.3 is 10.2 Å². The number of hydrogen-bond acceptors (Lipinski definition) is 1. The summed E-state index contributed by atoms with van der Waals surface area (Å²) in [6.07, 6.45) is 5.04. The van der Waals surface area contributed by atoms with Crippen LogP contribution in [0.1, 0.15) is 38.2 Å². The maximum atomic E-state index is 12.4. The summed E-state index contributed by atoms with van der Waals surface area (Å²) in [5.41, 5.74) is 1.75. The number of carbonyl (C=O) groups excluding carboxylic acids is 1. The molecular weight excluding hydrogens is 272 g/mol. The average Bonchev–Trinajstić information content (AvgIpc) is 2.72. The number of nitrogens with one attached hydrogen (secondary N) is 2. The lowest BCUT2D eigenvalue weighted by Gasteiger charge is -2.24. The van der Waals surface area contributed by atoms with Crippen molar-refractivity contribution < 1.29 is 9.69 Å². The van der Waals surface area contributed by atoms with Crippen LogP contribution in [0.15, 0.2) is 18.2 Å². The van der Waals surface area contributed by atoms with E-state index in [4.69, 9.17) is 11.6 Å². The Morgan fingerprint density at radius 1 is 1.25 bits per heavy atom. The normalized spacial score (nSPS) is 18.4. The fourth-order valence-electron chi connectivity index (χ4n) is 2.78. The van der Waals surface area contributed by atoms with Gasteiger partial charge in [-0.25, -0.2) is 0 Å². The minimum absolute atomic E-state index is 0.00789. The number of halogens is 1. The van der Waals surface area contributed by atoms with Crippen molar-refractivity contribution in [3.05, 3.63) is 28.8 Å². The number of likely N-dealkylation sites (tertiary alicyclic amines) is 1. The van der Waals surface area contributed by atoms with Crippen molar-refractivity contribution in [3.63, 3.8) is 0 Å². The second-order valence-corrected chi connectivity index (χ2v) is 6.10. The summed E-state index contributed by atoms with van der Waals surface area (Å²) in [6.45, 7) is 6.16. The molecule has 1 aliphatic rings. The molecule has 1 heterocycles. The third-order valence-corrected chi connectivity index (χ3v) is 4.69. The molecule has 1 aromatic carbocycles. The highest BCUT2D eigenvalue weighted by molar-refractivity contribution is 6.31. The zero-order valence-electron chi connectivity index (χ0n) is 12.3. The molecule has 0 spiro atoms. The van der Waals surface area contributed by atoms with Gasteiger partial charge in [-0.3, -0.25) is 4.79 Å². The third-order valence-electron chi connectivity index (χ3n) is 4.28. The van der Waals surface area contributed by atoms with E-state index in [-0.39, 0.29) is 11.9 Å². The van der Waals surface area contributed by atoms with Gasteiger partial charge in [-0.1, -0.05) is 17.7 Å². The molecule has 1 atom stereocenters. The Hall–Kier alpha value is -1.06. The molecule has 1 amide bonds. The highest BCUT2D eigenvalue weighted by atomic mass is 35.5. The van der Waals surface area contributed by atoms with Crippen LogP contribution in [0.25, 0.3) is 0 Å².